The molecule has 1 aliphatic heterocycles. The Hall–Kier alpha value is -3.85. The van der Waals surface area contributed by atoms with Gasteiger partial charge < -0.3 is 4.74 Å². The molecule has 0 aliphatic carbocycles. The van der Waals surface area contributed by atoms with Crippen molar-refractivity contribution in [3.8, 4) is 0 Å². The molecular formula is C27H22N2O. The van der Waals surface area contributed by atoms with E-state index in [4.69, 9.17) is 9.73 Å². The van der Waals surface area contributed by atoms with Gasteiger partial charge in [-0.3, -0.25) is 4.90 Å². The second kappa shape index (κ2) is 8.26. The molecule has 0 spiro atoms. The van der Waals surface area contributed by atoms with Gasteiger partial charge in [-0.15, -0.1) is 0 Å². The second-order valence-electron chi connectivity index (χ2n) is 7.24. The van der Waals surface area contributed by atoms with Crippen LogP contribution in [-0.2, 0) is 4.74 Å². The fourth-order valence-corrected chi connectivity index (χ4v) is 3.91. The summed E-state index contributed by atoms with van der Waals surface area (Å²) in [6.07, 6.45) is -0.170. The maximum absolute atomic E-state index is 6.56. The highest BCUT2D eigenvalue weighted by Gasteiger charge is 2.43. The lowest BCUT2D eigenvalue weighted by Crippen LogP contribution is -2.28. The van der Waals surface area contributed by atoms with Crippen molar-refractivity contribution >= 4 is 17.4 Å². The number of amidine groups is 1. The first-order valence-corrected chi connectivity index (χ1v) is 10.1. The summed E-state index contributed by atoms with van der Waals surface area (Å²) in [7, 11) is 0. The maximum atomic E-state index is 6.56. The molecule has 0 aromatic heterocycles. The van der Waals surface area contributed by atoms with E-state index in [1.807, 2.05) is 60.7 Å². The Kier molecular flexibility index (Phi) is 5.01. The van der Waals surface area contributed by atoms with E-state index < -0.39 is 0 Å². The largest absolute Gasteiger partial charge is 0.454 e. The Bertz CT molecular complexity index is 1110. The van der Waals surface area contributed by atoms with E-state index >= 15 is 0 Å². The van der Waals surface area contributed by atoms with E-state index in [-0.39, 0.29) is 12.1 Å². The van der Waals surface area contributed by atoms with Gasteiger partial charge in [-0.25, -0.2) is 0 Å². The molecule has 2 atom stereocenters. The molecule has 0 radical (unpaired) electrons. The molecule has 30 heavy (non-hydrogen) atoms. The molecule has 0 N–H and O–H groups in total. The number of benzene rings is 4. The summed E-state index contributed by atoms with van der Waals surface area (Å²) in [4.78, 5) is 7.10. The molecule has 1 aliphatic rings. The lowest BCUT2D eigenvalue weighted by molar-refractivity contribution is 0.206. The Labute approximate surface area is 176 Å². The summed E-state index contributed by atoms with van der Waals surface area (Å²) < 4.78 is 6.56. The first kappa shape index (κ1) is 18.2. The van der Waals surface area contributed by atoms with Gasteiger partial charge in [0.25, 0.3) is 6.02 Å². The summed E-state index contributed by atoms with van der Waals surface area (Å²) in [5.41, 5.74) is 4.24. The number of nitrogens with zero attached hydrogens (tertiary/aromatic N) is 2. The molecule has 0 amide bonds. The van der Waals surface area contributed by atoms with Crippen molar-refractivity contribution in [2.45, 2.75) is 12.1 Å². The third-order valence-corrected chi connectivity index (χ3v) is 5.29. The maximum Gasteiger partial charge on any atom is 0.298 e. The molecule has 1 saturated heterocycles. The van der Waals surface area contributed by atoms with Crippen LogP contribution in [0.15, 0.2) is 126 Å². The van der Waals surface area contributed by atoms with Gasteiger partial charge >= 0.3 is 0 Å². The molecule has 3 heteroatoms. The first-order valence-electron chi connectivity index (χ1n) is 10.1. The second-order valence-corrected chi connectivity index (χ2v) is 7.24. The first-order chi connectivity index (χ1) is 14.9. The Morgan fingerprint density at radius 2 is 1.07 bits per heavy atom. The summed E-state index contributed by atoms with van der Waals surface area (Å²) in [6, 6.07) is 41.8. The van der Waals surface area contributed by atoms with E-state index in [0.29, 0.717) is 6.02 Å². The van der Waals surface area contributed by atoms with E-state index in [1.165, 1.54) is 5.56 Å². The zero-order valence-corrected chi connectivity index (χ0v) is 16.5. The minimum Gasteiger partial charge on any atom is -0.454 e. The third kappa shape index (κ3) is 3.58. The van der Waals surface area contributed by atoms with Crippen LogP contribution in [0.2, 0.25) is 0 Å². The zero-order chi connectivity index (χ0) is 20.2. The average Bonchev–Trinajstić information content (AvgIpc) is 3.20. The van der Waals surface area contributed by atoms with Crippen LogP contribution in [0.3, 0.4) is 0 Å². The van der Waals surface area contributed by atoms with Gasteiger partial charge in [-0.2, -0.15) is 4.99 Å². The molecular weight excluding hydrogens is 368 g/mol. The van der Waals surface area contributed by atoms with Gasteiger partial charge in [0.15, 0.2) is 6.10 Å². The van der Waals surface area contributed by atoms with E-state index in [2.05, 4.69) is 65.6 Å². The fourth-order valence-electron chi connectivity index (χ4n) is 3.91. The number of para-hydroxylation sites is 2. The summed E-state index contributed by atoms with van der Waals surface area (Å²) in [5.74, 6) is 0. The Balaban J connectivity index is 1.69. The number of hydrogen-bond donors (Lipinski definition) is 0. The van der Waals surface area contributed by atoms with Gasteiger partial charge in [0.05, 0.1) is 5.69 Å². The monoisotopic (exact) mass is 390 g/mol. The SMILES string of the molecule is c1ccc(N=C2O[C@@H](c3ccccc3)[C@@H](c3ccccc3)N2c2ccccc2)cc1. The van der Waals surface area contributed by atoms with Crippen LogP contribution in [0.25, 0.3) is 0 Å². The Morgan fingerprint density at radius 3 is 1.67 bits per heavy atom. The fraction of sp³-hybridized carbons (Fsp3) is 0.0741. The lowest BCUT2D eigenvalue weighted by Gasteiger charge is -2.26. The van der Waals surface area contributed by atoms with Crippen LogP contribution in [0.4, 0.5) is 11.4 Å². The zero-order valence-electron chi connectivity index (χ0n) is 16.5. The van der Waals surface area contributed by atoms with Gasteiger partial charge in [0.2, 0.25) is 0 Å². The van der Waals surface area contributed by atoms with Gasteiger partial charge in [-0.1, -0.05) is 97.1 Å². The van der Waals surface area contributed by atoms with E-state index in [9.17, 15) is 0 Å². The highest BCUT2D eigenvalue weighted by molar-refractivity contribution is 5.96. The average molecular weight is 390 g/mol. The molecule has 1 heterocycles. The van der Waals surface area contributed by atoms with Crippen LogP contribution in [0.5, 0.6) is 0 Å². The highest BCUT2D eigenvalue weighted by atomic mass is 16.5. The number of ether oxygens (including phenoxy) is 1. The van der Waals surface area contributed by atoms with Crippen molar-refractivity contribution in [1.82, 2.24) is 0 Å². The van der Waals surface area contributed by atoms with E-state index in [1.54, 1.807) is 0 Å². The quantitative estimate of drug-likeness (QED) is 0.388. The third-order valence-electron chi connectivity index (χ3n) is 5.29. The van der Waals surface area contributed by atoms with Crippen LogP contribution in [-0.4, -0.2) is 6.02 Å². The molecule has 0 bridgehead atoms. The molecule has 0 saturated carbocycles. The number of hydrogen-bond acceptors (Lipinski definition) is 2. The smallest absolute Gasteiger partial charge is 0.298 e. The van der Waals surface area contributed by atoms with Crippen molar-refractivity contribution in [3.05, 3.63) is 132 Å². The lowest BCUT2D eigenvalue weighted by atomic mass is 9.95. The van der Waals surface area contributed by atoms with Crippen LogP contribution < -0.4 is 4.90 Å². The number of aliphatic imine (C=N–C) groups is 1. The van der Waals surface area contributed by atoms with Crippen LogP contribution in [0.1, 0.15) is 23.3 Å². The predicted molar refractivity (Wildman–Crippen MR) is 122 cm³/mol. The minimum atomic E-state index is -0.170. The van der Waals surface area contributed by atoms with Crippen molar-refractivity contribution in [2.75, 3.05) is 4.90 Å². The predicted octanol–water partition coefficient (Wildman–Crippen LogP) is 6.69. The topological polar surface area (TPSA) is 24.8 Å². The van der Waals surface area contributed by atoms with Crippen molar-refractivity contribution in [2.24, 2.45) is 4.99 Å². The molecule has 4 aromatic rings. The molecule has 1 fully saturated rings. The van der Waals surface area contributed by atoms with Crippen LogP contribution in [0, 0.1) is 0 Å². The molecule has 3 nitrogen and oxygen atoms in total. The standard InChI is InChI=1S/C27H22N2O/c1-5-13-21(14-6-1)25-26(22-15-7-2-8-16-22)30-27(28-23-17-9-3-10-18-23)29(25)24-19-11-4-12-20-24/h1-20,25-26H/t25-,26+/m1/s1. The van der Waals surface area contributed by atoms with Crippen molar-refractivity contribution in [3.63, 3.8) is 0 Å². The normalized spacial score (nSPS) is 19.6. The summed E-state index contributed by atoms with van der Waals surface area (Å²) >= 11 is 0. The van der Waals surface area contributed by atoms with Crippen molar-refractivity contribution in [1.29, 1.82) is 0 Å². The van der Waals surface area contributed by atoms with Crippen LogP contribution >= 0.6 is 0 Å². The molecule has 5 rings (SSSR count). The summed E-state index contributed by atoms with van der Waals surface area (Å²) in [5, 5.41) is 0. The molecule has 4 aromatic carbocycles. The number of anilines is 1. The summed E-state index contributed by atoms with van der Waals surface area (Å²) in [6.45, 7) is 0. The highest BCUT2D eigenvalue weighted by Crippen LogP contribution is 2.45. The van der Waals surface area contributed by atoms with Gasteiger partial charge in [-0.05, 0) is 35.4 Å². The molecule has 0 unspecified atom stereocenters. The Morgan fingerprint density at radius 1 is 0.567 bits per heavy atom. The van der Waals surface area contributed by atoms with Gasteiger partial charge in [0, 0.05) is 5.69 Å². The molecule has 146 valence electrons. The minimum absolute atomic E-state index is 0.0292. The number of rotatable bonds is 4. The van der Waals surface area contributed by atoms with Crippen molar-refractivity contribution < 1.29 is 4.74 Å². The van der Waals surface area contributed by atoms with Gasteiger partial charge in [0.1, 0.15) is 6.04 Å². The van der Waals surface area contributed by atoms with E-state index in [0.717, 1.165) is 16.9 Å².